The van der Waals surface area contributed by atoms with Crippen molar-refractivity contribution in [1.29, 1.82) is 0 Å². The van der Waals surface area contributed by atoms with Crippen molar-refractivity contribution in [3.8, 4) is 0 Å². The SMILES string of the molecule is Cn1ncc(CCCCn2c(=O)c3c(ncn3C)n(C)c2=O)n1. The van der Waals surface area contributed by atoms with Crippen molar-refractivity contribution in [2.24, 2.45) is 21.1 Å². The van der Waals surface area contributed by atoms with E-state index in [9.17, 15) is 9.59 Å². The molecule has 0 aliphatic heterocycles. The first-order chi connectivity index (χ1) is 11.0. The molecule has 0 N–H and O–H groups in total. The normalized spacial score (nSPS) is 11.4. The molecule has 0 bridgehead atoms. The Kier molecular flexibility index (Phi) is 3.85. The quantitative estimate of drug-likeness (QED) is 0.596. The van der Waals surface area contributed by atoms with Crippen molar-refractivity contribution in [3.63, 3.8) is 0 Å². The molecule has 3 rings (SSSR count). The highest BCUT2D eigenvalue weighted by Crippen LogP contribution is 2.04. The van der Waals surface area contributed by atoms with Crippen LogP contribution in [0.4, 0.5) is 0 Å². The Morgan fingerprint density at radius 1 is 1.13 bits per heavy atom. The summed E-state index contributed by atoms with van der Waals surface area (Å²) in [7, 11) is 5.16. The molecule has 3 aromatic rings. The van der Waals surface area contributed by atoms with Gasteiger partial charge in [-0.25, -0.2) is 9.78 Å². The Labute approximate surface area is 131 Å². The monoisotopic (exact) mass is 317 g/mol. The molecule has 0 radical (unpaired) electrons. The van der Waals surface area contributed by atoms with Crippen molar-refractivity contribution in [2.75, 3.05) is 0 Å². The van der Waals surface area contributed by atoms with Crippen LogP contribution in [0, 0.1) is 0 Å². The van der Waals surface area contributed by atoms with Gasteiger partial charge in [0.2, 0.25) is 0 Å². The van der Waals surface area contributed by atoms with E-state index in [4.69, 9.17) is 0 Å². The molecule has 9 heteroatoms. The van der Waals surface area contributed by atoms with Gasteiger partial charge in [-0.2, -0.15) is 15.0 Å². The van der Waals surface area contributed by atoms with Crippen molar-refractivity contribution in [2.45, 2.75) is 25.8 Å². The van der Waals surface area contributed by atoms with Crippen LogP contribution in [0.15, 0.2) is 22.1 Å². The molecule has 0 spiro atoms. The van der Waals surface area contributed by atoms with Crippen molar-refractivity contribution in [1.82, 2.24) is 33.7 Å². The maximum absolute atomic E-state index is 12.5. The van der Waals surface area contributed by atoms with Gasteiger partial charge in [0.05, 0.1) is 18.2 Å². The molecule has 9 nitrogen and oxygen atoms in total. The Morgan fingerprint density at radius 3 is 2.61 bits per heavy atom. The maximum atomic E-state index is 12.5. The van der Waals surface area contributed by atoms with Gasteiger partial charge >= 0.3 is 5.69 Å². The van der Waals surface area contributed by atoms with Crippen molar-refractivity contribution in [3.05, 3.63) is 39.1 Å². The fraction of sp³-hybridized carbons (Fsp3) is 0.500. The molecular formula is C14H19N7O2. The Hall–Kier alpha value is -2.71. The van der Waals surface area contributed by atoms with E-state index in [1.54, 1.807) is 38.2 Å². The molecule has 0 fully saturated rings. The zero-order valence-corrected chi connectivity index (χ0v) is 13.4. The van der Waals surface area contributed by atoms with Crippen LogP contribution in [0.1, 0.15) is 18.5 Å². The molecule has 0 aliphatic carbocycles. The van der Waals surface area contributed by atoms with Gasteiger partial charge < -0.3 is 4.57 Å². The number of aromatic nitrogens is 7. The number of rotatable bonds is 5. The van der Waals surface area contributed by atoms with Crippen LogP contribution in [0.2, 0.25) is 0 Å². The van der Waals surface area contributed by atoms with E-state index in [0.717, 1.165) is 25.0 Å². The number of unbranched alkanes of at least 4 members (excludes halogenated alkanes) is 1. The molecule has 0 saturated carbocycles. The first-order valence-corrected chi connectivity index (χ1v) is 7.45. The van der Waals surface area contributed by atoms with Gasteiger partial charge in [0, 0.05) is 27.7 Å². The molecule has 3 aromatic heterocycles. The fourth-order valence-electron chi connectivity index (χ4n) is 2.67. The summed E-state index contributed by atoms with van der Waals surface area (Å²) in [6.45, 7) is 0.382. The summed E-state index contributed by atoms with van der Waals surface area (Å²) < 4.78 is 4.34. The largest absolute Gasteiger partial charge is 0.332 e. The van der Waals surface area contributed by atoms with Crippen LogP contribution >= 0.6 is 0 Å². The lowest BCUT2D eigenvalue weighted by Gasteiger charge is -2.08. The summed E-state index contributed by atoms with van der Waals surface area (Å²) in [6, 6.07) is 0. The third-order valence-electron chi connectivity index (χ3n) is 3.91. The highest BCUT2D eigenvalue weighted by atomic mass is 16.2. The fourth-order valence-corrected chi connectivity index (χ4v) is 2.67. The van der Waals surface area contributed by atoms with Gasteiger partial charge in [-0.15, -0.1) is 0 Å². The minimum absolute atomic E-state index is 0.289. The molecule has 0 saturated heterocycles. The predicted molar refractivity (Wildman–Crippen MR) is 84.2 cm³/mol. The van der Waals surface area contributed by atoms with Crippen molar-refractivity contribution < 1.29 is 0 Å². The summed E-state index contributed by atoms with van der Waals surface area (Å²) >= 11 is 0. The second kappa shape index (κ2) is 5.82. The predicted octanol–water partition coefficient (Wildman–Crippen LogP) is -0.415. The van der Waals surface area contributed by atoms with Gasteiger partial charge in [-0.05, 0) is 19.3 Å². The van der Waals surface area contributed by atoms with Crippen LogP contribution in [0.5, 0.6) is 0 Å². The van der Waals surface area contributed by atoms with E-state index in [2.05, 4.69) is 15.2 Å². The Bertz CT molecular complexity index is 960. The van der Waals surface area contributed by atoms with Gasteiger partial charge in [-0.3, -0.25) is 13.9 Å². The van der Waals surface area contributed by atoms with Gasteiger partial charge in [0.1, 0.15) is 0 Å². The summed E-state index contributed by atoms with van der Waals surface area (Å²) in [5.41, 5.74) is 1.15. The molecule has 0 atom stereocenters. The Morgan fingerprint density at radius 2 is 1.91 bits per heavy atom. The van der Waals surface area contributed by atoms with Crippen LogP contribution < -0.4 is 11.2 Å². The third kappa shape index (κ3) is 2.69. The summed E-state index contributed by atoms with van der Waals surface area (Å²) in [5.74, 6) is 0. The molecule has 0 unspecified atom stereocenters. The summed E-state index contributed by atoms with van der Waals surface area (Å²) in [4.78, 5) is 30.5. The molecule has 3 heterocycles. The average molecular weight is 317 g/mol. The summed E-state index contributed by atoms with van der Waals surface area (Å²) in [5, 5.41) is 8.23. The number of fused-ring (bicyclic) bond motifs is 1. The zero-order valence-electron chi connectivity index (χ0n) is 13.4. The van der Waals surface area contributed by atoms with E-state index >= 15 is 0 Å². The van der Waals surface area contributed by atoms with E-state index in [1.807, 2.05) is 0 Å². The van der Waals surface area contributed by atoms with E-state index in [1.165, 1.54) is 13.9 Å². The average Bonchev–Trinajstić information content (AvgIpc) is 3.10. The second-order valence-corrected chi connectivity index (χ2v) is 5.61. The second-order valence-electron chi connectivity index (χ2n) is 5.61. The van der Waals surface area contributed by atoms with Gasteiger partial charge in [-0.1, -0.05) is 0 Å². The topological polar surface area (TPSA) is 92.5 Å². The minimum atomic E-state index is -0.333. The number of nitrogens with zero attached hydrogens (tertiary/aromatic N) is 7. The van der Waals surface area contributed by atoms with E-state index < -0.39 is 0 Å². The zero-order chi connectivity index (χ0) is 16.6. The third-order valence-corrected chi connectivity index (χ3v) is 3.91. The summed E-state index contributed by atoms with van der Waals surface area (Å²) in [6.07, 6.45) is 5.60. The first-order valence-electron chi connectivity index (χ1n) is 7.45. The number of aryl methyl sites for hydroxylation is 4. The number of imidazole rings is 1. The lowest BCUT2D eigenvalue weighted by Crippen LogP contribution is -2.39. The lowest BCUT2D eigenvalue weighted by molar-refractivity contribution is 0.549. The molecule has 0 aromatic carbocycles. The van der Waals surface area contributed by atoms with Crippen LogP contribution in [0.25, 0.3) is 11.2 Å². The van der Waals surface area contributed by atoms with E-state index in [-0.39, 0.29) is 11.2 Å². The van der Waals surface area contributed by atoms with Gasteiger partial charge in [0.15, 0.2) is 11.2 Å². The smallest absolute Gasteiger partial charge is 0.328 e. The molecule has 122 valence electrons. The minimum Gasteiger partial charge on any atom is -0.328 e. The molecule has 0 amide bonds. The van der Waals surface area contributed by atoms with Crippen LogP contribution in [-0.2, 0) is 34.1 Å². The molecule has 0 aliphatic rings. The maximum Gasteiger partial charge on any atom is 0.332 e. The highest BCUT2D eigenvalue weighted by Gasteiger charge is 2.14. The van der Waals surface area contributed by atoms with Crippen LogP contribution in [-0.4, -0.2) is 33.7 Å². The van der Waals surface area contributed by atoms with Crippen molar-refractivity contribution >= 4 is 11.2 Å². The van der Waals surface area contributed by atoms with E-state index in [0.29, 0.717) is 17.7 Å². The first kappa shape index (κ1) is 15.2. The van der Waals surface area contributed by atoms with Crippen LogP contribution in [0.3, 0.4) is 0 Å². The number of hydrogen-bond acceptors (Lipinski definition) is 5. The molecule has 23 heavy (non-hydrogen) atoms. The Balaban J connectivity index is 1.79. The molecular weight excluding hydrogens is 298 g/mol. The van der Waals surface area contributed by atoms with Gasteiger partial charge in [0.25, 0.3) is 5.56 Å². The standard InChI is InChI=1S/C14H19N7O2/c1-18-9-15-12-11(18)13(22)21(14(23)19(12)2)7-5-4-6-10-8-16-20(3)17-10/h8-9H,4-7H2,1-3H3. The number of hydrogen-bond donors (Lipinski definition) is 0. The lowest BCUT2D eigenvalue weighted by atomic mass is 10.2. The highest BCUT2D eigenvalue weighted by molar-refractivity contribution is 5.69.